The van der Waals surface area contributed by atoms with Crippen molar-refractivity contribution in [2.45, 2.75) is 18.6 Å². The molecule has 1 aromatic heterocycles. The smallest absolute Gasteiger partial charge is 0.271 e. The van der Waals surface area contributed by atoms with Gasteiger partial charge in [-0.15, -0.1) is 0 Å². The third-order valence-electron chi connectivity index (χ3n) is 2.71. The van der Waals surface area contributed by atoms with Gasteiger partial charge in [-0.3, -0.25) is 4.79 Å². The molecule has 0 aromatic carbocycles. The lowest BCUT2D eigenvalue weighted by atomic mass is 10.2. The molecule has 19 heavy (non-hydrogen) atoms. The predicted octanol–water partition coefficient (Wildman–Crippen LogP) is -0.685. The molecule has 4 N–H and O–H groups in total. The summed E-state index contributed by atoms with van der Waals surface area (Å²) in [5, 5.41) is 2.51. The van der Waals surface area contributed by atoms with E-state index in [1.807, 2.05) is 0 Å². The minimum absolute atomic E-state index is 0.0107. The molecule has 0 bridgehead atoms. The first-order valence-corrected chi connectivity index (χ1v) is 7.33. The molecule has 0 spiro atoms. The lowest BCUT2D eigenvalue weighted by Crippen LogP contribution is -2.43. The molecule has 0 atom stereocenters. The molecular formula is C10H17N5O3S. The van der Waals surface area contributed by atoms with Gasteiger partial charge >= 0.3 is 0 Å². The lowest BCUT2D eigenvalue weighted by molar-refractivity contribution is 0.0945. The maximum absolute atomic E-state index is 11.8. The van der Waals surface area contributed by atoms with Crippen LogP contribution in [0.2, 0.25) is 0 Å². The zero-order valence-corrected chi connectivity index (χ0v) is 11.8. The van der Waals surface area contributed by atoms with Gasteiger partial charge in [0, 0.05) is 12.8 Å². The number of carbonyl (C=O) groups excluding carboxylic acids is 1. The third-order valence-corrected chi connectivity index (χ3v) is 4.86. The standard InChI is InChI=1S/C10H17N5O3S/c1-10(2,19(3,17)18)6-14-9(16)7-4-13-8(15-11)5-12-7/h4-5H,6,11H2,1-3H3,(H,13,15)(H,14,16). The molecule has 1 heterocycles. The molecule has 0 saturated heterocycles. The van der Waals surface area contributed by atoms with Crippen LogP contribution < -0.4 is 16.6 Å². The second kappa shape index (κ2) is 5.49. The average molecular weight is 287 g/mol. The summed E-state index contributed by atoms with van der Waals surface area (Å²) in [5.41, 5.74) is 2.37. The normalized spacial score (nSPS) is 12.0. The maximum atomic E-state index is 11.8. The predicted molar refractivity (Wildman–Crippen MR) is 71.1 cm³/mol. The fraction of sp³-hybridized carbons (Fsp3) is 0.500. The van der Waals surface area contributed by atoms with Gasteiger partial charge in [0.05, 0.1) is 17.1 Å². The maximum Gasteiger partial charge on any atom is 0.271 e. The monoisotopic (exact) mass is 287 g/mol. The topological polar surface area (TPSA) is 127 Å². The van der Waals surface area contributed by atoms with Crippen LogP contribution in [-0.2, 0) is 9.84 Å². The minimum atomic E-state index is -3.27. The van der Waals surface area contributed by atoms with Gasteiger partial charge in [0.15, 0.2) is 15.7 Å². The third kappa shape index (κ3) is 3.86. The number of hydrazine groups is 1. The number of nitrogen functional groups attached to an aromatic ring is 1. The fourth-order valence-corrected chi connectivity index (χ4v) is 1.37. The Morgan fingerprint density at radius 3 is 2.42 bits per heavy atom. The van der Waals surface area contributed by atoms with Gasteiger partial charge in [0.25, 0.3) is 5.91 Å². The van der Waals surface area contributed by atoms with Crippen molar-refractivity contribution in [2.75, 3.05) is 18.2 Å². The molecule has 1 aromatic rings. The molecule has 1 rings (SSSR count). The number of sulfone groups is 1. The Labute approximate surface area is 111 Å². The van der Waals surface area contributed by atoms with E-state index in [-0.39, 0.29) is 12.2 Å². The Morgan fingerprint density at radius 2 is 2.00 bits per heavy atom. The number of nitrogens with zero attached hydrogens (tertiary/aromatic N) is 2. The zero-order valence-electron chi connectivity index (χ0n) is 11.0. The van der Waals surface area contributed by atoms with E-state index in [1.165, 1.54) is 26.2 Å². The minimum Gasteiger partial charge on any atom is -0.349 e. The molecule has 8 nitrogen and oxygen atoms in total. The van der Waals surface area contributed by atoms with Crippen molar-refractivity contribution >= 4 is 21.6 Å². The summed E-state index contributed by atoms with van der Waals surface area (Å²) in [7, 11) is -3.27. The largest absolute Gasteiger partial charge is 0.349 e. The van der Waals surface area contributed by atoms with Crippen LogP contribution in [0, 0.1) is 0 Å². The van der Waals surface area contributed by atoms with Gasteiger partial charge < -0.3 is 10.7 Å². The van der Waals surface area contributed by atoms with Crippen molar-refractivity contribution in [3.63, 3.8) is 0 Å². The number of carbonyl (C=O) groups is 1. The molecule has 9 heteroatoms. The number of hydrogen-bond acceptors (Lipinski definition) is 7. The van der Waals surface area contributed by atoms with Crippen molar-refractivity contribution < 1.29 is 13.2 Å². The van der Waals surface area contributed by atoms with Crippen molar-refractivity contribution in [2.24, 2.45) is 5.84 Å². The van der Waals surface area contributed by atoms with Crippen molar-refractivity contribution in [1.82, 2.24) is 15.3 Å². The van der Waals surface area contributed by atoms with Gasteiger partial charge in [0.2, 0.25) is 0 Å². The molecule has 0 aliphatic carbocycles. The van der Waals surface area contributed by atoms with Crippen LogP contribution >= 0.6 is 0 Å². The van der Waals surface area contributed by atoms with Crippen LogP contribution in [0.25, 0.3) is 0 Å². The van der Waals surface area contributed by atoms with Gasteiger partial charge in [-0.25, -0.2) is 24.2 Å². The number of anilines is 1. The van der Waals surface area contributed by atoms with Crippen molar-refractivity contribution in [3.05, 3.63) is 18.1 Å². The Morgan fingerprint density at radius 1 is 1.37 bits per heavy atom. The van der Waals surface area contributed by atoms with E-state index >= 15 is 0 Å². The highest BCUT2D eigenvalue weighted by Gasteiger charge is 2.30. The summed E-state index contributed by atoms with van der Waals surface area (Å²) >= 11 is 0. The van der Waals surface area contributed by atoms with Gasteiger partial charge in [-0.2, -0.15) is 0 Å². The van der Waals surface area contributed by atoms with Crippen LogP contribution in [-0.4, -0.2) is 41.8 Å². The molecule has 0 saturated carbocycles. The SMILES string of the molecule is CC(C)(CNC(=O)c1cnc(NN)cn1)S(C)(=O)=O. The zero-order chi connectivity index (χ0) is 14.7. The number of rotatable bonds is 5. The molecule has 0 aliphatic heterocycles. The van der Waals surface area contributed by atoms with E-state index in [4.69, 9.17) is 5.84 Å². The summed E-state index contributed by atoms with van der Waals surface area (Å²) in [5.74, 6) is 4.95. The van der Waals surface area contributed by atoms with E-state index in [1.54, 1.807) is 0 Å². The lowest BCUT2D eigenvalue weighted by Gasteiger charge is -2.22. The first kappa shape index (κ1) is 15.3. The number of hydrogen-bond donors (Lipinski definition) is 3. The second-order valence-electron chi connectivity index (χ2n) is 4.65. The van der Waals surface area contributed by atoms with Crippen LogP contribution in [0.4, 0.5) is 5.82 Å². The number of nitrogens with one attached hydrogen (secondary N) is 2. The fourth-order valence-electron chi connectivity index (χ4n) is 1.03. The summed E-state index contributed by atoms with van der Waals surface area (Å²) in [6, 6.07) is 0. The molecule has 0 fully saturated rings. The van der Waals surface area contributed by atoms with E-state index in [0.29, 0.717) is 5.82 Å². The number of amides is 1. The van der Waals surface area contributed by atoms with E-state index in [2.05, 4.69) is 20.7 Å². The van der Waals surface area contributed by atoms with Crippen LogP contribution in [0.15, 0.2) is 12.4 Å². The Kier molecular flexibility index (Phi) is 4.43. The summed E-state index contributed by atoms with van der Waals surface area (Å²) in [6.07, 6.45) is 3.68. The average Bonchev–Trinajstić information content (AvgIpc) is 2.35. The van der Waals surface area contributed by atoms with Crippen LogP contribution in [0.3, 0.4) is 0 Å². The quantitative estimate of drug-likeness (QED) is 0.483. The molecule has 106 valence electrons. The van der Waals surface area contributed by atoms with E-state index < -0.39 is 20.5 Å². The van der Waals surface area contributed by atoms with Crippen LogP contribution in [0.5, 0.6) is 0 Å². The Hall–Kier alpha value is -1.74. The highest BCUT2D eigenvalue weighted by molar-refractivity contribution is 7.92. The Balaban J connectivity index is 2.70. The highest BCUT2D eigenvalue weighted by Crippen LogP contribution is 2.13. The first-order chi connectivity index (χ1) is 8.67. The molecule has 0 unspecified atom stereocenters. The van der Waals surface area contributed by atoms with Crippen molar-refractivity contribution in [3.8, 4) is 0 Å². The Bertz CT molecular complexity index is 553. The van der Waals surface area contributed by atoms with Gasteiger partial charge in [-0.1, -0.05) is 0 Å². The molecular weight excluding hydrogens is 270 g/mol. The molecule has 0 aliphatic rings. The number of aromatic nitrogens is 2. The summed E-state index contributed by atoms with van der Waals surface area (Å²) in [4.78, 5) is 19.4. The van der Waals surface area contributed by atoms with Crippen LogP contribution in [0.1, 0.15) is 24.3 Å². The first-order valence-electron chi connectivity index (χ1n) is 5.44. The van der Waals surface area contributed by atoms with Crippen molar-refractivity contribution in [1.29, 1.82) is 0 Å². The summed E-state index contributed by atoms with van der Waals surface area (Å²) < 4.78 is 21.9. The van der Waals surface area contributed by atoms with Gasteiger partial charge in [0.1, 0.15) is 5.69 Å². The number of nitrogens with two attached hydrogens (primary N) is 1. The highest BCUT2D eigenvalue weighted by atomic mass is 32.2. The molecule has 1 amide bonds. The van der Waals surface area contributed by atoms with E-state index in [9.17, 15) is 13.2 Å². The second-order valence-corrected chi connectivity index (χ2v) is 7.30. The molecule has 0 radical (unpaired) electrons. The van der Waals surface area contributed by atoms with Gasteiger partial charge in [-0.05, 0) is 13.8 Å². The summed E-state index contributed by atoms with van der Waals surface area (Å²) in [6.45, 7) is 3.06. The van der Waals surface area contributed by atoms with E-state index in [0.717, 1.165) is 6.26 Å².